The van der Waals surface area contributed by atoms with E-state index in [-0.39, 0.29) is 5.91 Å². The molecule has 1 N–H and O–H groups in total. The molecule has 0 unspecified atom stereocenters. The molecular formula is C18H25N3O. The minimum atomic E-state index is -0.00629. The number of carbonyl (C=O) groups excluding carboxylic acids is 1. The quantitative estimate of drug-likeness (QED) is 0.833. The maximum Gasteiger partial charge on any atom is 0.268 e. The van der Waals surface area contributed by atoms with Crippen LogP contribution in [0.5, 0.6) is 0 Å². The smallest absolute Gasteiger partial charge is 0.268 e. The van der Waals surface area contributed by atoms with Gasteiger partial charge in [0.1, 0.15) is 5.69 Å². The molecule has 0 saturated carbocycles. The molecule has 4 heteroatoms. The third-order valence-corrected chi connectivity index (χ3v) is 3.72. The van der Waals surface area contributed by atoms with E-state index < -0.39 is 0 Å². The maximum atomic E-state index is 12.6. The fourth-order valence-electron chi connectivity index (χ4n) is 2.71. The first-order valence-corrected chi connectivity index (χ1v) is 7.65. The molecule has 2 aromatic rings. The van der Waals surface area contributed by atoms with Gasteiger partial charge in [0.05, 0.1) is 0 Å². The van der Waals surface area contributed by atoms with Crippen molar-refractivity contribution in [3.8, 4) is 11.1 Å². The summed E-state index contributed by atoms with van der Waals surface area (Å²) in [6.07, 6.45) is 2.96. The zero-order valence-electron chi connectivity index (χ0n) is 13.9. The molecule has 0 atom stereocenters. The lowest BCUT2D eigenvalue weighted by Crippen LogP contribution is -2.28. The van der Waals surface area contributed by atoms with Crippen LogP contribution < -0.4 is 5.32 Å². The van der Waals surface area contributed by atoms with Crippen molar-refractivity contribution in [1.29, 1.82) is 0 Å². The third kappa shape index (κ3) is 3.77. The first kappa shape index (κ1) is 16.3. The Morgan fingerprint density at radius 3 is 2.55 bits per heavy atom. The molecule has 0 aliphatic heterocycles. The number of aromatic nitrogens is 1. The van der Waals surface area contributed by atoms with Gasteiger partial charge >= 0.3 is 0 Å². The van der Waals surface area contributed by atoms with Crippen molar-refractivity contribution >= 4 is 5.91 Å². The first-order valence-electron chi connectivity index (χ1n) is 7.65. The molecule has 0 bridgehead atoms. The number of nitrogens with one attached hydrogen (secondary N) is 1. The van der Waals surface area contributed by atoms with Gasteiger partial charge in [0.25, 0.3) is 5.91 Å². The summed E-state index contributed by atoms with van der Waals surface area (Å²) < 4.78 is 1.92. The van der Waals surface area contributed by atoms with Gasteiger partial charge in [0.15, 0.2) is 0 Å². The average molecular weight is 299 g/mol. The van der Waals surface area contributed by atoms with Gasteiger partial charge in [-0.05, 0) is 45.1 Å². The number of nitrogens with zero attached hydrogens (tertiary/aromatic N) is 2. The number of hydrogen-bond acceptors (Lipinski definition) is 2. The van der Waals surface area contributed by atoms with E-state index in [4.69, 9.17) is 0 Å². The number of rotatable bonds is 6. The summed E-state index contributed by atoms with van der Waals surface area (Å²) in [5.41, 5.74) is 3.95. The predicted molar refractivity (Wildman–Crippen MR) is 91.1 cm³/mol. The van der Waals surface area contributed by atoms with Crippen molar-refractivity contribution in [1.82, 2.24) is 14.8 Å². The Balaban J connectivity index is 2.18. The van der Waals surface area contributed by atoms with Crippen LogP contribution in [0, 0.1) is 6.92 Å². The zero-order valence-corrected chi connectivity index (χ0v) is 13.9. The molecule has 0 radical (unpaired) electrons. The molecule has 1 heterocycles. The Bertz CT molecular complexity index is 629. The number of benzene rings is 1. The van der Waals surface area contributed by atoms with Gasteiger partial charge in [0.2, 0.25) is 0 Å². The van der Waals surface area contributed by atoms with E-state index in [1.165, 1.54) is 0 Å². The lowest BCUT2D eigenvalue weighted by atomic mass is 10.0. The second-order valence-electron chi connectivity index (χ2n) is 5.93. The topological polar surface area (TPSA) is 37.3 Å². The number of carbonyl (C=O) groups is 1. The van der Waals surface area contributed by atoms with E-state index in [1.807, 2.05) is 69.2 Å². The molecule has 0 aliphatic rings. The lowest BCUT2D eigenvalue weighted by molar-refractivity contribution is 0.0945. The SMILES string of the molecule is Cc1cn(C)c(C(=O)NCCCN(C)C)c1-c1ccccc1. The summed E-state index contributed by atoms with van der Waals surface area (Å²) in [5.74, 6) is -0.00629. The van der Waals surface area contributed by atoms with E-state index in [9.17, 15) is 4.79 Å². The van der Waals surface area contributed by atoms with E-state index in [2.05, 4.69) is 10.2 Å². The van der Waals surface area contributed by atoms with Crippen molar-refractivity contribution < 1.29 is 4.79 Å². The van der Waals surface area contributed by atoms with Crippen LogP contribution in [0.25, 0.3) is 11.1 Å². The normalized spacial score (nSPS) is 11.0. The second kappa shape index (κ2) is 7.27. The molecule has 4 nitrogen and oxygen atoms in total. The minimum absolute atomic E-state index is 0.00629. The van der Waals surface area contributed by atoms with Gasteiger partial charge in [0, 0.05) is 25.4 Å². The molecule has 2 rings (SSSR count). The minimum Gasteiger partial charge on any atom is -0.351 e. The fourth-order valence-corrected chi connectivity index (χ4v) is 2.71. The Morgan fingerprint density at radius 1 is 1.23 bits per heavy atom. The predicted octanol–water partition coefficient (Wildman–Crippen LogP) is 2.68. The Labute approximate surface area is 132 Å². The second-order valence-corrected chi connectivity index (χ2v) is 5.93. The van der Waals surface area contributed by atoms with Crippen molar-refractivity contribution in [3.63, 3.8) is 0 Å². The fraction of sp³-hybridized carbons (Fsp3) is 0.389. The number of hydrogen-bond donors (Lipinski definition) is 1. The standard InChI is InChI=1S/C18H25N3O/c1-14-13-21(4)17(16(14)15-9-6-5-7-10-15)18(22)19-11-8-12-20(2)3/h5-7,9-10,13H,8,11-12H2,1-4H3,(H,19,22). The van der Waals surface area contributed by atoms with Crippen LogP contribution in [0.1, 0.15) is 22.5 Å². The molecule has 1 aromatic heterocycles. The largest absolute Gasteiger partial charge is 0.351 e. The Kier molecular flexibility index (Phi) is 5.39. The summed E-state index contributed by atoms with van der Waals surface area (Å²) in [7, 11) is 6.00. The lowest BCUT2D eigenvalue weighted by Gasteiger charge is -2.12. The number of aryl methyl sites for hydroxylation is 2. The highest BCUT2D eigenvalue weighted by atomic mass is 16.1. The third-order valence-electron chi connectivity index (χ3n) is 3.72. The first-order chi connectivity index (χ1) is 10.5. The van der Waals surface area contributed by atoms with E-state index in [0.717, 1.165) is 35.3 Å². The molecule has 118 valence electrons. The molecule has 0 aliphatic carbocycles. The Hall–Kier alpha value is -2.07. The Morgan fingerprint density at radius 2 is 1.91 bits per heavy atom. The zero-order chi connectivity index (χ0) is 16.1. The molecule has 22 heavy (non-hydrogen) atoms. The van der Waals surface area contributed by atoms with Crippen LogP contribution in [0.2, 0.25) is 0 Å². The van der Waals surface area contributed by atoms with Crippen LogP contribution in [0.3, 0.4) is 0 Å². The van der Waals surface area contributed by atoms with Crippen LogP contribution in [-0.2, 0) is 7.05 Å². The van der Waals surface area contributed by atoms with E-state index >= 15 is 0 Å². The summed E-state index contributed by atoms with van der Waals surface area (Å²) in [6.45, 7) is 3.71. The van der Waals surface area contributed by atoms with E-state index in [0.29, 0.717) is 6.54 Å². The highest BCUT2D eigenvalue weighted by molar-refractivity contribution is 6.00. The summed E-state index contributed by atoms with van der Waals surface area (Å²) in [4.78, 5) is 14.7. The van der Waals surface area contributed by atoms with Crippen LogP contribution >= 0.6 is 0 Å². The highest BCUT2D eigenvalue weighted by Gasteiger charge is 2.19. The van der Waals surface area contributed by atoms with Crippen molar-refractivity contribution in [2.75, 3.05) is 27.2 Å². The van der Waals surface area contributed by atoms with Crippen LogP contribution in [0.15, 0.2) is 36.5 Å². The maximum absolute atomic E-state index is 12.6. The van der Waals surface area contributed by atoms with Gasteiger partial charge in [-0.2, -0.15) is 0 Å². The molecule has 0 fully saturated rings. The van der Waals surface area contributed by atoms with Gasteiger partial charge in [-0.3, -0.25) is 4.79 Å². The number of amides is 1. The molecule has 0 spiro atoms. The molecule has 1 amide bonds. The molecular weight excluding hydrogens is 274 g/mol. The van der Waals surface area contributed by atoms with Gasteiger partial charge < -0.3 is 14.8 Å². The van der Waals surface area contributed by atoms with Crippen molar-refractivity contribution in [3.05, 3.63) is 47.8 Å². The van der Waals surface area contributed by atoms with Gasteiger partial charge in [-0.1, -0.05) is 30.3 Å². The highest BCUT2D eigenvalue weighted by Crippen LogP contribution is 2.28. The van der Waals surface area contributed by atoms with Crippen LogP contribution in [-0.4, -0.2) is 42.6 Å². The monoisotopic (exact) mass is 299 g/mol. The van der Waals surface area contributed by atoms with Crippen molar-refractivity contribution in [2.45, 2.75) is 13.3 Å². The molecule has 0 saturated heterocycles. The van der Waals surface area contributed by atoms with Gasteiger partial charge in [-0.15, -0.1) is 0 Å². The van der Waals surface area contributed by atoms with E-state index in [1.54, 1.807) is 0 Å². The van der Waals surface area contributed by atoms with Crippen LogP contribution in [0.4, 0.5) is 0 Å². The van der Waals surface area contributed by atoms with Gasteiger partial charge in [-0.25, -0.2) is 0 Å². The molecule has 1 aromatic carbocycles. The summed E-state index contributed by atoms with van der Waals surface area (Å²) in [5, 5.41) is 3.03. The average Bonchev–Trinajstić information content (AvgIpc) is 2.78. The summed E-state index contributed by atoms with van der Waals surface area (Å²) in [6, 6.07) is 10.1. The van der Waals surface area contributed by atoms with Crippen molar-refractivity contribution in [2.24, 2.45) is 7.05 Å². The summed E-state index contributed by atoms with van der Waals surface area (Å²) >= 11 is 0.